The lowest BCUT2D eigenvalue weighted by atomic mass is 9.95. The molecule has 43 heavy (non-hydrogen) atoms. The van der Waals surface area contributed by atoms with Gasteiger partial charge in [-0.05, 0) is 75.1 Å². The monoisotopic (exact) mass is 605 g/mol. The van der Waals surface area contributed by atoms with E-state index in [-0.39, 0.29) is 23.4 Å². The lowest BCUT2D eigenvalue weighted by Gasteiger charge is -2.34. The van der Waals surface area contributed by atoms with Gasteiger partial charge in [0.05, 0.1) is 17.2 Å². The molecule has 1 aliphatic rings. The minimum absolute atomic E-state index is 0.0416. The molecule has 0 aromatic heterocycles. The summed E-state index contributed by atoms with van der Waals surface area (Å²) in [6, 6.07) is 21.9. The summed E-state index contributed by atoms with van der Waals surface area (Å²) in [5.41, 5.74) is 2.27. The van der Waals surface area contributed by atoms with Gasteiger partial charge in [-0.2, -0.15) is 0 Å². The van der Waals surface area contributed by atoms with Gasteiger partial charge in [0.15, 0.2) is 0 Å². The van der Waals surface area contributed by atoms with E-state index in [0.29, 0.717) is 24.5 Å². The van der Waals surface area contributed by atoms with Crippen LogP contribution < -0.4 is 14.4 Å². The fourth-order valence-corrected chi connectivity index (χ4v) is 7.01. The molecule has 230 valence electrons. The molecule has 2 amide bonds. The average molecular weight is 606 g/mol. The number of benzene rings is 3. The summed E-state index contributed by atoms with van der Waals surface area (Å²) < 4.78 is 34.7. The first-order chi connectivity index (χ1) is 20.7. The summed E-state index contributed by atoms with van der Waals surface area (Å²) >= 11 is 0. The zero-order valence-electron chi connectivity index (χ0n) is 25.4. The third-order valence-corrected chi connectivity index (χ3v) is 9.61. The number of amides is 2. The zero-order chi connectivity index (χ0) is 30.8. The summed E-state index contributed by atoms with van der Waals surface area (Å²) in [5, 5.41) is 3.18. The SMILES string of the molecule is CCOc1ccc(S(=O)(=O)N(CC(=O)N(Cc2cccc(C)c2)[C@H](CC)C(=O)NC2CCCCC2)c2ccccc2)cc1. The van der Waals surface area contributed by atoms with Crippen LogP contribution in [0.4, 0.5) is 5.69 Å². The highest BCUT2D eigenvalue weighted by Crippen LogP contribution is 2.26. The second-order valence-electron chi connectivity index (χ2n) is 11.0. The number of anilines is 1. The molecule has 0 unspecified atom stereocenters. The van der Waals surface area contributed by atoms with E-state index in [0.717, 1.165) is 41.1 Å². The number of hydrogen-bond acceptors (Lipinski definition) is 5. The number of rotatable bonds is 13. The molecule has 9 heteroatoms. The molecule has 0 spiro atoms. The third-order valence-electron chi connectivity index (χ3n) is 7.82. The molecular formula is C34H43N3O5S. The Morgan fingerprint density at radius 1 is 0.930 bits per heavy atom. The molecule has 1 aliphatic carbocycles. The van der Waals surface area contributed by atoms with Crippen molar-refractivity contribution in [2.75, 3.05) is 17.5 Å². The number of aryl methyl sites for hydroxylation is 1. The van der Waals surface area contributed by atoms with Crippen molar-refractivity contribution < 1.29 is 22.7 Å². The molecule has 8 nitrogen and oxygen atoms in total. The van der Waals surface area contributed by atoms with Gasteiger partial charge in [-0.25, -0.2) is 8.42 Å². The van der Waals surface area contributed by atoms with E-state index in [9.17, 15) is 18.0 Å². The topological polar surface area (TPSA) is 96.0 Å². The number of ether oxygens (including phenoxy) is 1. The highest BCUT2D eigenvalue weighted by atomic mass is 32.2. The first kappa shape index (κ1) is 32.1. The number of hydrogen-bond donors (Lipinski definition) is 1. The Balaban J connectivity index is 1.68. The van der Waals surface area contributed by atoms with Gasteiger partial charge >= 0.3 is 0 Å². The molecule has 3 aromatic carbocycles. The molecule has 0 radical (unpaired) electrons. The van der Waals surface area contributed by atoms with Gasteiger partial charge in [-0.3, -0.25) is 13.9 Å². The highest BCUT2D eigenvalue weighted by molar-refractivity contribution is 7.92. The van der Waals surface area contributed by atoms with E-state index in [4.69, 9.17) is 4.74 Å². The normalized spacial score (nSPS) is 14.5. The van der Waals surface area contributed by atoms with Gasteiger partial charge in [0.2, 0.25) is 11.8 Å². The average Bonchev–Trinajstić information content (AvgIpc) is 3.01. The summed E-state index contributed by atoms with van der Waals surface area (Å²) in [5.74, 6) is -0.0931. The Morgan fingerprint density at radius 3 is 2.26 bits per heavy atom. The number of carbonyl (C=O) groups excluding carboxylic acids is 2. The van der Waals surface area contributed by atoms with Crippen molar-refractivity contribution in [2.45, 2.75) is 82.8 Å². The van der Waals surface area contributed by atoms with Gasteiger partial charge in [-0.1, -0.05) is 74.2 Å². The first-order valence-corrected chi connectivity index (χ1v) is 16.6. The molecule has 1 N–H and O–H groups in total. The second kappa shape index (κ2) is 15.0. The van der Waals surface area contributed by atoms with Crippen molar-refractivity contribution in [1.82, 2.24) is 10.2 Å². The van der Waals surface area contributed by atoms with Crippen molar-refractivity contribution in [2.24, 2.45) is 0 Å². The van der Waals surface area contributed by atoms with E-state index in [1.807, 2.05) is 45.0 Å². The van der Waals surface area contributed by atoms with Crippen LogP contribution in [0.15, 0.2) is 83.8 Å². The quantitative estimate of drug-likeness (QED) is 0.264. The van der Waals surface area contributed by atoms with Crippen LogP contribution in [-0.2, 0) is 26.2 Å². The Bertz CT molecular complexity index is 1450. The molecule has 3 aromatic rings. The third kappa shape index (κ3) is 8.38. The standard InChI is InChI=1S/C34H43N3O5S/c1-4-32(34(39)35-28-15-8-6-9-16-28)36(24-27-14-12-13-26(3)23-27)33(38)25-37(29-17-10-7-11-18-29)43(40,41)31-21-19-30(20-22-31)42-5-2/h7,10-14,17-23,28,32H,4-6,8-9,15-16,24-25H2,1-3H3,(H,35,39)/t32-/m1/s1. The molecule has 0 saturated heterocycles. The van der Waals surface area contributed by atoms with Crippen LogP contribution in [0.1, 0.15) is 63.5 Å². The number of carbonyl (C=O) groups is 2. The smallest absolute Gasteiger partial charge is 0.264 e. The molecule has 0 aliphatic heterocycles. The Kier molecular flexibility index (Phi) is 11.2. The number of nitrogens with zero attached hydrogens (tertiary/aromatic N) is 2. The summed E-state index contributed by atoms with van der Waals surface area (Å²) in [6.45, 7) is 5.90. The molecule has 1 atom stereocenters. The predicted octanol–water partition coefficient (Wildman–Crippen LogP) is 5.85. The van der Waals surface area contributed by atoms with Crippen LogP contribution in [0.2, 0.25) is 0 Å². The maximum Gasteiger partial charge on any atom is 0.264 e. The summed E-state index contributed by atoms with van der Waals surface area (Å²) in [6.07, 6.45) is 5.56. The van der Waals surface area contributed by atoms with Crippen LogP contribution in [-0.4, -0.2) is 50.4 Å². The fraction of sp³-hybridized carbons (Fsp3) is 0.412. The first-order valence-electron chi connectivity index (χ1n) is 15.2. The van der Waals surface area contributed by atoms with Crippen molar-refractivity contribution in [3.8, 4) is 5.75 Å². The van der Waals surface area contributed by atoms with E-state index in [1.54, 1.807) is 42.5 Å². The lowest BCUT2D eigenvalue weighted by Crippen LogP contribution is -2.54. The van der Waals surface area contributed by atoms with Crippen molar-refractivity contribution >= 4 is 27.5 Å². The zero-order valence-corrected chi connectivity index (χ0v) is 26.2. The molecule has 4 rings (SSSR count). The minimum Gasteiger partial charge on any atom is -0.494 e. The molecule has 0 bridgehead atoms. The van der Waals surface area contributed by atoms with Gasteiger partial charge in [0.25, 0.3) is 10.0 Å². The van der Waals surface area contributed by atoms with E-state index in [2.05, 4.69) is 5.32 Å². The van der Waals surface area contributed by atoms with Gasteiger partial charge in [0.1, 0.15) is 18.3 Å². The summed E-state index contributed by atoms with van der Waals surface area (Å²) in [7, 11) is -4.14. The Morgan fingerprint density at radius 2 is 1.63 bits per heavy atom. The van der Waals surface area contributed by atoms with E-state index < -0.39 is 28.5 Å². The van der Waals surface area contributed by atoms with Crippen LogP contribution in [0.5, 0.6) is 5.75 Å². The predicted molar refractivity (Wildman–Crippen MR) is 169 cm³/mol. The lowest BCUT2D eigenvalue weighted by molar-refractivity contribution is -0.140. The van der Waals surface area contributed by atoms with Gasteiger partial charge in [-0.15, -0.1) is 0 Å². The van der Waals surface area contributed by atoms with Crippen LogP contribution in [0.3, 0.4) is 0 Å². The van der Waals surface area contributed by atoms with Crippen molar-refractivity contribution in [1.29, 1.82) is 0 Å². The van der Waals surface area contributed by atoms with Crippen LogP contribution >= 0.6 is 0 Å². The Hall–Kier alpha value is -3.85. The van der Waals surface area contributed by atoms with Crippen LogP contribution in [0, 0.1) is 6.92 Å². The minimum atomic E-state index is -4.14. The second-order valence-corrected chi connectivity index (χ2v) is 12.9. The van der Waals surface area contributed by atoms with Crippen molar-refractivity contribution in [3.63, 3.8) is 0 Å². The molecule has 1 saturated carbocycles. The molecular weight excluding hydrogens is 562 g/mol. The molecule has 0 heterocycles. The maximum atomic E-state index is 14.3. The van der Waals surface area contributed by atoms with Crippen LogP contribution in [0.25, 0.3) is 0 Å². The number of sulfonamides is 1. The largest absolute Gasteiger partial charge is 0.494 e. The molecule has 1 fully saturated rings. The van der Waals surface area contributed by atoms with E-state index in [1.165, 1.54) is 23.5 Å². The number of para-hydroxylation sites is 1. The number of nitrogens with one attached hydrogen (secondary N) is 1. The maximum absolute atomic E-state index is 14.3. The fourth-order valence-electron chi connectivity index (χ4n) is 5.60. The summed E-state index contributed by atoms with van der Waals surface area (Å²) in [4.78, 5) is 29.5. The van der Waals surface area contributed by atoms with E-state index >= 15 is 0 Å². The van der Waals surface area contributed by atoms with Gasteiger partial charge in [0, 0.05) is 12.6 Å². The van der Waals surface area contributed by atoms with Gasteiger partial charge < -0.3 is 15.0 Å². The Labute approximate surface area is 256 Å². The van der Waals surface area contributed by atoms with Crippen molar-refractivity contribution in [3.05, 3.63) is 90.0 Å². The highest BCUT2D eigenvalue weighted by Gasteiger charge is 2.34.